The Labute approximate surface area is 116 Å². The van der Waals surface area contributed by atoms with E-state index in [1.54, 1.807) is 13.8 Å². The largest absolute Gasteiger partial charge is 0.378 e. The van der Waals surface area contributed by atoms with E-state index >= 15 is 0 Å². The molecule has 19 heavy (non-hydrogen) atoms. The molecule has 0 aromatic rings. The Morgan fingerprint density at radius 3 is 2.47 bits per heavy atom. The SMILES string of the molecule is CC(C)S(=O)(=O)CCC(=O)CCOC1CCNCC1. The molecule has 6 heteroatoms. The van der Waals surface area contributed by atoms with Gasteiger partial charge in [0, 0.05) is 12.8 Å². The summed E-state index contributed by atoms with van der Waals surface area (Å²) in [4.78, 5) is 11.6. The van der Waals surface area contributed by atoms with Gasteiger partial charge in [-0.25, -0.2) is 8.42 Å². The Kier molecular flexibility index (Phi) is 6.96. The highest BCUT2D eigenvalue weighted by Crippen LogP contribution is 2.08. The lowest BCUT2D eigenvalue weighted by atomic mass is 10.1. The molecule has 0 aliphatic carbocycles. The highest BCUT2D eigenvalue weighted by Gasteiger charge is 2.18. The maximum absolute atomic E-state index is 11.6. The molecule has 5 nitrogen and oxygen atoms in total. The monoisotopic (exact) mass is 291 g/mol. The van der Waals surface area contributed by atoms with Crippen molar-refractivity contribution in [1.29, 1.82) is 0 Å². The second kappa shape index (κ2) is 7.97. The van der Waals surface area contributed by atoms with Gasteiger partial charge in [0.15, 0.2) is 9.84 Å². The second-order valence-corrected chi connectivity index (χ2v) is 7.95. The number of sulfone groups is 1. The third-order valence-electron chi connectivity index (χ3n) is 3.40. The van der Waals surface area contributed by atoms with Crippen LogP contribution < -0.4 is 5.32 Å². The fourth-order valence-electron chi connectivity index (χ4n) is 1.92. The van der Waals surface area contributed by atoms with E-state index in [9.17, 15) is 13.2 Å². The Hall–Kier alpha value is -0.460. The summed E-state index contributed by atoms with van der Waals surface area (Å²) in [6.45, 7) is 5.61. The van der Waals surface area contributed by atoms with E-state index < -0.39 is 15.1 Å². The van der Waals surface area contributed by atoms with Gasteiger partial charge in [-0.05, 0) is 39.8 Å². The summed E-state index contributed by atoms with van der Waals surface area (Å²) < 4.78 is 28.8. The highest BCUT2D eigenvalue weighted by atomic mass is 32.2. The summed E-state index contributed by atoms with van der Waals surface area (Å²) in [7, 11) is -3.11. The predicted octanol–water partition coefficient (Wildman–Crippen LogP) is 0.927. The summed E-state index contributed by atoms with van der Waals surface area (Å²) in [5.74, 6) is -0.0743. The second-order valence-electron chi connectivity index (χ2n) is 5.27. The van der Waals surface area contributed by atoms with Crippen LogP contribution >= 0.6 is 0 Å². The quantitative estimate of drug-likeness (QED) is 0.720. The van der Waals surface area contributed by atoms with Gasteiger partial charge in [-0.15, -0.1) is 0 Å². The van der Waals surface area contributed by atoms with E-state index in [0.717, 1.165) is 25.9 Å². The Balaban J connectivity index is 2.14. The average Bonchev–Trinajstić information content (AvgIpc) is 2.37. The van der Waals surface area contributed by atoms with Crippen LogP contribution in [0.2, 0.25) is 0 Å². The number of carbonyl (C=O) groups excluding carboxylic acids is 1. The van der Waals surface area contributed by atoms with Gasteiger partial charge < -0.3 is 10.1 Å². The minimum atomic E-state index is -3.11. The zero-order valence-corrected chi connectivity index (χ0v) is 12.7. The van der Waals surface area contributed by atoms with Crippen molar-refractivity contribution in [1.82, 2.24) is 5.32 Å². The zero-order chi connectivity index (χ0) is 14.3. The van der Waals surface area contributed by atoms with E-state index in [4.69, 9.17) is 4.74 Å². The predicted molar refractivity (Wildman–Crippen MR) is 75.0 cm³/mol. The van der Waals surface area contributed by atoms with E-state index in [0.29, 0.717) is 13.0 Å². The minimum absolute atomic E-state index is 0.0295. The Bertz CT molecular complexity index is 372. The number of hydrogen-bond acceptors (Lipinski definition) is 5. The maximum atomic E-state index is 11.6. The van der Waals surface area contributed by atoms with Gasteiger partial charge in [-0.2, -0.15) is 0 Å². The first kappa shape index (κ1) is 16.6. The summed E-state index contributed by atoms with van der Waals surface area (Å²) in [6, 6.07) is 0. The van der Waals surface area contributed by atoms with Crippen LogP contribution in [-0.2, 0) is 19.4 Å². The molecule has 0 atom stereocenters. The summed E-state index contributed by atoms with van der Waals surface area (Å²) in [5, 5.41) is 2.84. The molecule has 0 unspecified atom stereocenters. The lowest BCUT2D eigenvalue weighted by Gasteiger charge is -2.22. The number of hydrogen-bond donors (Lipinski definition) is 1. The van der Waals surface area contributed by atoms with Crippen molar-refractivity contribution in [3.05, 3.63) is 0 Å². The number of Topliss-reactive ketones (excluding diaryl/α,β-unsaturated/α-hetero) is 1. The fraction of sp³-hybridized carbons (Fsp3) is 0.923. The van der Waals surface area contributed by atoms with Crippen molar-refractivity contribution >= 4 is 15.6 Å². The van der Waals surface area contributed by atoms with Crippen molar-refractivity contribution in [3.63, 3.8) is 0 Å². The minimum Gasteiger partial charge on any atom is -0.378 e. The lowest BCUT2D eigenvalue weighted by Crippen LogP contribution is -2.32. The van der Waals surface area contributed by atoms with E-state index in [1.165, 1.54) is 0 Å². The van der Waals surface area contributed by atoms with Gasteiger partial charge >= 0.3 is 0 Å². The molecule has 1 rings (SSSR count). The van der Waals surface area contributed by atoms with Crippen LogP contribution in [0.4, 0.5) is 0 Å². The highest BCUT2D eigenvalue weighted by molar-refractivity contribution is 7.91. The van der Waals surface area contributed by atoms with Gasteiger partial charge in [0.2, 0.25) is 0 Å². The van der Waals surface area contributed by atoms with Crippen LogP contribution in [0.25, 0.3) is 0 Å². The molecule has 1 aliphatic rings. The van der Waals surface area contributed by atoms with E-state index in [-0.39, 0.29) is 24.1 Å². The number of carbonyl (C=O) groups is 1. The maximum Gasteiger partial charge on any atom is 0.153 e. The van der Waals surface area contributed by atoms with E-state index in [2.05, 4.69) is 5.32 Å². The third-order valence-corrected chi connectivity index (χ3v) is 5.61. The standard InChI is InChI=1S/C13H25NO4S/c1-11(2)19(16,17)10-6-12(15)5-9-18-13-3-7-14-8-4-13/h11,13-14H,3-10H2,1-2H3. The molecule has 0 saturated carbocycles. The van der Waals surface area contributed by atoms with Gasteiger partial charge in [-0.3, -0.25) is 4.79 Å². The molecule has 0 amide bonds. The van der Waals surface area contributed by atoms with Crippen LogP contribution in [0.3, 0.4) is 0 Å². The molecule has 0 radical (unpaired) electrons. The van der Waals surface area contributed by atoms with Crippen molar-refractivity contribution in [2.24, 2.45) is 0 Å². The van der Waals surface area contributed by atoms with Gasteiger partial charge in [0.25, 0.3) is 0 Å². The first-order valence-electron chi connectivity index (χ1n) is 6.97. The molecule has 0 bridgehead atoms. The van der Waals surface area contributed by atoms with Gasteiger partial charge in [0.05, 0.1) is 23.7 Å². The van der Waals surface area contributed by atoms with Crippen molar-refractivity contribution in [3.8, 4) is 0 Å². The number of piperidine rings is 1. The number of ketones is 1. The smallest absolute Gasteiger partial charge is 0.153 e. The summed E-state index contributed by atoms with van der Waals surface area (Å²) in [5.41, 5.74) is 0. The Morgan fingerprint density at radius 1 is 1.26 bits per heavy atom. The zero-order valence-electron chi connectivity index (χ0n) is 11.9. The number of rotatable bonds is 8. The van der Waals surface area contributed by atoms with Crippen molar-refractivity contribution in [2.45, 2.75) is 50.9 Å². The molecule has 1 heterocycles. The van der Waals surface area contributed by atoms with Crippen LogP contribution in [0.1, 0.15) is 39.5 Å². The topological polar surface area (TPSA) is 72.5 Å². The number of nitrogens with one attached hydrogen (secondary N) is 1. The Morgan fingerprint density at radius 2 is 1.89 bits per heavy atom. The lowest BCUT2D eigenvalue weighted by molar-refractivity contribution is -0.120. The molecule has 0 aromatic carbocycles. The first-order valence-corrected chi connectivity index (χ1v) is 8.69. The summed E-state index contributed by atoms with van der Waals surface area (Å²) >= 11 is 0. The normalized spacial score (nSPS) is 17.8. The van der Waals surface area contributed by atoms with E-state index in [1.807, 2.05) is 0 Å². The third kappa shape index (κ3) is 6.49. The van der Waals surface area contributed by atoms with Crippen LogP contribution in [0.5, 0.6) is 0 Å². The van der Waals surface area contributed by atoms with Crippen LogP contribution in [-0.4, -0.2) is 51.0 Å². The van der Waals surface area contributed by atoms with Gasteiger partial charge in [-0.1, -0.05) is 0 Å². The number of ether oxygens (including phenoxy) is 1. The molecule has 1 fully saturated rings. The van der Waals surface area contributed by atoms with Crippen molar-refractivity contribution in [2.75, 3.05) is 25.4 Å². The van der Waals surface area contributed by atoms with Crippen molar-refractivity contribution < 1.29 is 17.9 Å². The van der Waals surface area contributed by atoms with Crippen LogP contribution in [0, 0.1) is 0 Å². The molecule has 112 valence electrons. The molecular weight excluding hydrogens is 266 g/mol. The molecule has 1 aliphatic heterocycles. The first-order chi connectivity index (χ1) is 8.92. The fourth-order valence-corrected chi connectivity index (χ4v) is 2.90. The summed E-state index contributed by atoms with van der Waals surface area (Å²) in [6.07, 6.45) is 2.63. The molecule has 1 N–H and O–H groups in total. The molecule has 0 aromatic heterocycles. The molecular formula is C13H25NO4S. The molecule has 0 spiro atoms. The van der Waals surface area contributed by atoms with Gasteiger partial charge in [0.1, 0.15) is 5.78 Å². The average molecular weight is 291 g/mol. The molecule has 1 saturated heterocycles. The van der Waals surface area contributed by atoms with Crippen LogP contribution in [0.15, 0.2) is 0 Å².